The molecule has 2 N–H and O–H groups in total. The van der Waals surface area contributed by atoms with Gasteiger partial charge in [-0.05, 0) is 42.9 Å². The lowest BCUT2D eigenvalue weighted by atomic mass is 9.79. The Kier molecular flexibility index (Phi) is 4.40. The van der Waals surface area contributed by atoms with E-state index in [1.165, 1.54) is 0 Å². The Hall–Kier alpha value is -1.06. The Balaban J connectivity index is 1.88. The van der Waals surface area contributed by atoms with Crippen LogP contribution in [0.15, 0.2) is 0 Å². The summed E-state index contributed by atoms with van der Waals surface area (Å²) in [4.78, 5) is 23.3. The van der Waals surface area contributed by atoms with Crippen molar-refractivity contribution >= 4 is 11.9 Å². The third-order valence-corrected chi connectivity index (χ3v) is 5.06. The molecule has 0 aromatic carbocycles. The van der Waals surface area contributed by atoms with E-state index in [0.29, 0.717) is 11.8 Å². The molecule has 0 radical (unpaired) electrons. The number of aliphatic carboxylic acids is 1. The highest BCUT2D eigenvalue weighted by Gasteiger charge is 2.39. The van der Waals surface area contributed by atoms with E-state index < -0.39 is 5.97 Å². The molecule has 2 fully saturated rings. The summed E-state index contributed by atoms with van der Waals surface area (Å²) < 4.78 is 0. The molecule has 2 saturated carbocycles. The van der Waals surface area contributed by atoms with Gasteiger partial charge in [0.05, 0.1) is 6.42 Å². The van der Waals surface area contributed by atoms with E-state index >= 15 is 0 Å². The molecule has 20 heavy (non-hydrogen) atoms. The Bertz CT molecular complexity index is 383. The Morgan fingerprint density at radius 2 is 1.80 bits per heavy atom. The third kappa shape index (κ3) is 3.97. The van der Waals surface area contributed by atoms with Gasteiger partial charge in [0.2, 0.25) is 5.91 Å². The van der Waals surface area contributed by atoms with Crippen molar-refractivity contribution in [2.45, 2.75) is 77.7 Å². The summed E-state index contributed by atoms with van der Waals surface area (Å²) in [5.74, 6) is -0.724. The molecule has 2 rings (SSSR count). The summed E-state index contributed by atoms with van der Waals surface area (Å²) in [6.07, 6.45) is 7.61. The highest BCUT2D eigenvalue weighted by molar-refractivity contribution is 5.78. The predicted molar refractivity (Wildman–Crippen MR) is 77.3 cm³/mol. The maximum Gasteiger partial charge on any atom is 0.303 e. The summed E-state index contributed by atoms with van der Waals surface area (Å²) in [6.45, 7) is 4.48. The summed E-state index contributed by atoms with van der Waals surface area (Å²) in [5, 5.41) is 12.2. The quantitative estimate of drug-likeness (QED) is 0.813. The third-order valence-electron chi connectivity index (χ3n) is 5.06. The minimum atomic E-state index is -0.776. The number of amides is 1. The van der Waals surface area contributed by atoms with Crippen molar-refractivity contribution in [1.82, 2.24) is 5.32 Å². The molecule has 4 nitrogen and oxygen atoms in total. The molecule has 0 aliphatic heterocycles. The summed E-state index contributed by atoms with van der Waals surface area (Å²) >= 11 is 0. The van der Waals surface area contributed by atoms with Gasteiger partial charge in [0.1, 0.15) is 0 Å². The summed E-state index contributed by atoms with van der Waals surface area (Å²) in [6, 6.07) is 0.279. The average molecular weight is 281 g/mol. The topological polar surface area (TPSA) is 66.4 Å². The van der Waals surface area contributed by atoms with Gasteiger partial charge < -0.3 is 10.4 Å². The summed E-state index contributed by atoms with van der Waals surface area (Å²) in [5.41, 5.74) is 0.0358. The first-order valence-electron chi connectivity index (χ1n) is 7.82. The van der Waals surface area contributed by atoms with Gasteiger partial charge in [0.15, 0.2) is 0 Å². The van der Waals surface area contributed by atoms with Crippen LogP contribution in [-0.4, -0.2) is 23.0 Å². The molecule has 1 unspecified atom stereocenters. The molecule has 0 aromatic heterocycles. The largest absolute Gasteiger partial charge is 0.481 e. The molecule has 4 heteroatoms. The molecule has 0 bridgehead atoms. The lowest BCUT2D eigenvalue weighted by Gasteiger charge is -2.27. The molecule has 0 aromatic rings. The maximum atomic E-state index is 12.2. The Morgan fingerprint density at radius 1 is 1.15 bits per heavy atom. The van der Waals surface area contributed by atoms with Crippen LogP contribution in [0.1, 0.15) is 71.6 Å². The van der Waals surface area contributed by atoms with Crippen molar-refractivity contribution in [1.29, 1.82) is 0 Å². The van der Waals surface area contributed by atoms with Crippen LogP contribution in [0.4, 0.5) is 0 Å². The van der Waals surface area contributed by atoms with Crippen molar-refractivity contribution < 1.29 is 14.7 Å². The van der Waals surface area contributed by atoms with Crippen LogP contribution < -0.4 is 5.32 Å². The van der Waals surface area contributed by atoms with Gasteiger partial charge in [0.25, 0.3) is 0 Å². The van der Waals surface area contributed by atoms with Gasteiger partial charge in [-0.3, -0.25) is 9.59 Å². The van der Waals surface area contributed by atoms with Crippen LogP contribution in [0.3, 0.4) is 0 Å². The smallest absolute Gasteiger partial charge is 0.303 e. The first kappa shape index (κ1) is 15.3. The molecule has 0 saturated heterocycles. The number of nitrogens with one attached hydrogen (secondary N) is 1. The zero-order valence-corrected chi connectivity index (χ0v) is 12.7. The summed E-state index contributed by atoms with van der Waals surface area (Å²) in [7, 11) is 0. The second kappa shape index (κ2) is 5.74. The Morgan fingerprint density at radius 3 is 2.30 bits per heavy atom. The van der Waals surface area contributed by atoms with Gasteiger partial charge in [0, 0.05) is 12.5 Å². The Labute approximate surface area is 121 Å². The molecular weight excluding hydrogens is 254 g/mol. The van der Waals surface area contributed by atoms with E-state index in [9.17, 15) is 9.59 Å². The molecule has 1 amide bonds. The predicted octanol–water partition coefficient (Wildman–Crippen LogP) is 3.11. The van der Waals surface area contributed by atoms with Crippen LogP contribution in [0.2, 0.25) is 0 Å². The molecular formula is C16H27NO3. The van der Waals surface area contributed by atoms with E-state index in [0.717, 1.165) is 44.9 Å². The molecule has 1 atom stereocenters. The molecule has 114 valence electrons. The number of carboxylic acid groups (broad SMARTS) is 1. The number of hydrogen-bond acceptors (Lipinski definition) is 2. The first-order chi connectivity index (χ1) is 9.30. The number of carbonyl (C=O) groups excluding carboxylic acids is 1. The van der Waals surface area contributed by atoms with E-state index in [-0.39, 0.29) is 23.8 Å². The van der Waals surface area contributed by atoms with E-state index in [1.807, 2.05) is 0 Å². The van der Waals surface area contributed by atoms with Gasteiger partial charge >= 0.3 is 5.97 Å². The average Bonchev–Trinajstić information content (AvgIpc) is 2.85. The van der Waals surface area contributed by atoms with Gasteiger partial charge in [-0.1, -0.05) is 26.7 Å². The number of carbonyl (C=O) groups is 2. The molecule has 2 aliphatic carbocycles. The van der Waals surface area contributed by atoms with Crippen LogP contribution in [0.5, 0.6) is 0 Å². The zero-order chi connectivity index (χ0) is 14.8. The minimum absolute atomic E-state index is 0.0517. The van der Waals surface area contributed by atoms with Crippen molar-refractivity contribution in [3.63, 3.8) is 0 Å². The standard InChI is InChI=1S/C16H27NO3/c1-15(2)8-5-12(9-15)17-13(18)10-16(11-14(19)20)6-3-4-7-16/h12H,3-11H2,1-2H3,(H,17,18)(H,19,20). The van der Waals surface area contributed by atoms with Gasteiger partial charge in [-0.25, -0.2) is 0 Å². The second-order valence-corrected chi connectivity index (χ2v) is 7.63. The maximum absolute atomic E-state index is 12.2. The van der Waals surface area contributed by atoms with E-state index in [2.05, 4.69) is 19.2 Å². The van der Waals surface area contributed by atoms with Gasteiger partial charge in [-0.15, -0.1) is 0 Å². The SMILES string of the molecule is CC1(C)CCC(NC(=O)CC2(CC(=O)O)CCCC2)C1. The molecule has 0 heterocycles. The van der Waals surface area contributed by atoms with Crippen molar-refractivity contribution in [2.75, 3.05) is 0 Å². The monoisotopic (exact) mass is 281 g/mol. The van der Waals surface area contributed by atoms with E-state index in [1.54, 1.807) is 0 Å². The van der Waals surface area contributed by atoms with Crippen LogP contribution >= 0.6 is 0 Å². The van der Waals surface area contributed by atoms with Gasteiger partial charge in [-0.2, -0.15) is 0 Å². The number of rotatable bonds is 5. The number of carboxylic acids is 1. The fraction of sp³-hybridized carbons (Fsp3) is 0.875. The number of hydrogen-bond donors (Lipinski definition) is 2. The molecule has 0 spiro atoms. The fourth-order valence-electron chi connectivity index (χ4n) is 4.04. The molecule has 2 aliphatic rings. The minimum Gasteiger partial charge on any atom is -0.481 e. The fourth-order valence-corrected chi connectivity index (χ4v) is 4.04. The van der Waals surface area contributed by atoms with E-state index in [4.69, 9.17) is 5.11 Å². The van der Waals surface area contributed by atoms with Crippen LogP contribution in [0, 0.1) is 10.8 Å². The van der Waals surface area contributed by atoms with Crippen LogP contribution in [0.25, 0.3) is 0 Å². The first-order valence-corrected chi connectivity index (χ1v) is 7.82. The van der Waals surface area contributed by atoms with Crippen molar-refractivity contribution in [2.24, 2.45) is 10.8 Å². The highest BCUT2D eigenvalue weighted by Crippen LogP contribution is 2.44. The second-order valence-electron chi connectivity index (χ2n) is 7.63. The van der Waals surface area contributed by atoms with Crippen LogP contribution in [-0.2, 0) is 9.59 Å². The highest BCUT2D eigenvalue weighted by atomic mass is 16.4. The van der Waals surface area contributed by atoms with Crippen molar-refractivity contribution in [3.05, 3.63) is 0 Å². The zero-order valence-electron chi connectivity index (χ0n) is 12.7. The normalized spacial score (nSPS) is 27.4. The van der Waals surface area contributed by atoms with Crippen molar-refractivity contribution in [3.8, 4) is 0 Å². The lowest BCUT2D eigenvalue weighted by Crippen LogP contribution is -2.37. The lowest BCUT2D eigenvalue weighted by molar-refractivity contribution is -0.140.